The Morgan fingerprint density at radius 3 is 2.47 bits per heavy atom. The number of methoxy groups -OCH3 is 1. The maximum absolute atomic E-state index is 14.2. The van der Waals surface area contributed by atoms with Crippen LogP contribution in [0, 0.1) is 5.82 Å². The maximum atomic E-state index is 14.2. The number of tetrazole rings is 1. The van der Waals surface area contributed by atoms with Crippen molar-refractivity contribution in [2.24, 2.45) is 0 Å². The number of aromatic nitrogens is 4. The molecule has 12 heteroatoms. The van der Waals surface area contributed by atoms with E-state index in [9.17, 15) is 14.0 Å². The van der Waals surface area contributed by atoms with Crippen molar-refractivity contribution in [1.29, 1.82) is 0 Å². The fraction of sp³-hybridized carbons (Fsp3) is 0.323. The summed E-state index contributed by atoms with van der Waals surface area (Å²) in [5.74, 6) is 0.709. The van der Waals surface area contributed by atoms with Gasteiger partial charge < -0.3 is 19.5 Å². The highest BCUT2D eigenvalue weighted by atomic mass is 19.1. The van der Waals surface area contributed by atoms with Crippen LogP contribution in [0.3, 0.4) is 0 Å². The smallest absolute Gasteiger partial charge is 0.251 e. The molecule has 222 valence electrons. The molecule has 1 aliphatic heterocycles. The van der Waals surface area contributed by atoms with Crippen LogP contribution in [0.25, 0.3) is 11.4 Å². The van der Waals surface area contributed by atoms with Gasteiger partial charge in [-0.05, 0) is 72.1 Å². The van der Waals surface area contributed by atoms with Crippen LogP contribution in [-0.2, 0) is 16.1 Å². The van der Waals surface area contributed by atoms with Gasteiger partial charge in [0, 0.05) is 23.4 Å². The number of halogens is 1. The highest BCUT2D eigenvalue weighted by Crippen LogP contribution is 2.37. The third kappa shape index (κ3) is 6.27. The van der Waals surface area contributed by atoms with Crippen LogP contribution >= 0.6 is 0 Å². The van der Waals surface area contributed by atoms with Crippen LogP contribution in [-0.4, -0.2) is 58.4 Å². The molecule has 1 aromatic heterocycles. The molecule has 2 amide bonds. The SMILES string of the molecule is COc1ccc(-c2nnn(CC(=O)N(c3ccc4c(c3)OCCO4)[C@@H](C(=O)NC3CCCC3)c3ccc(F)cc3)n2)cc1. The predicted molar refractivity (Wildman–Crippen MR) is 154 cm³/mol. The number of rotatable bonds is 9. The number of amides is 2. The summed E-state index contributed by atoms with van der Waals surface area (Å²) in [6.45, 7) is 0.447. The Bertz CT molecular complexity index is 1590. The zero-order chi connectivity index (χ0) is 29.8. The summed E-state index contributed by atoms with van der Waals surface area (Å²) in [7, 11) is 1.58. The number of carbonyl (C=O) groups excluding carboxylic acids is 2. The highest BCUT2D eigenvalue weighted by Gasteiger charge is 2.35. The topological polar surface area (TPSA) is 121 Å². The van der Waals surface area contributed by atoms with E-state index in [1.165, 1.54) is 34.0 Å². The molecule has 0 radical (unpaired) electrons. The lowest BCUT2D eigenvalue weighted by Crippen LogP contribution is -2.47. The van der Waals surface area contributed by atoms with Crippen LogP contribution in [0.1, 0.15) is 37.3 Å². The number of nitrogens with zero attached hydrogens (tertiary/aromatic N) is 5. The van der Waals surface area contributed by atoms with Gasteiger partial charge in [-0.3, -0.25) is 14.5 Å². The van der Waals surface area contributed by atoms with Crippen molar-refractivity contribution in [3.8, 4) is 28.6 Å². The molecule has 0 saturated heterocycles. The monoisotopic (exact) mass is 586 g/mol. The molecule has 2 heterocycles. The minimum atomic E-state index is -1.11. The Labute approximate surface area is 247 Å². The lowest BCUT2D eigenvalue weighted by molar-refractivity contribution is -0.127. The van der Waals surface area contributed by atoms with Crippen molar-refractivity contribution in [3.63, 3.8) is 0 Å². The quantitative estimate of drug-likeness (QED) is 0.311. The lowest BCUT2D eigenvalue weighted by atomic mass is 10.0. The van der Waals surface area contributed by atoms with Gasteiger partial charge >= 0.3 is 0 Å². The second kappa shape index (κ2) is 12.5. The second-order valence-electron chi connectivity index (χ2n) is 10.4. The van der Waals surface area contributed by atoms with E-state index in [4.69, 9.17) is 14.2 Å². The van der Waals surface area contributed by atoms with Gasteiger partial charge in [-0.25, -0.2) is 4.39 Å². The molecule has 6 rings (SSSR count). The van der Waals surface area contributed by atoms with E-state index in [1.54, 1.807) is 49.6 Å². The van der Waals surface area contributed by atoms with Crippen molar-refractivity contribution < 1.29 is 28.2 Å². The molecule has 1 aliphatic carbocycles. The molecule has 4 aromatic rings. The first-order chi connectivity index (χ1) is 21.0. The minimum absolute atomic E-state index is 0.00305. The number of nitrogens with one attached hydrogen (secondary N) is 1. The molecule has 1 atom stereocenters. The number of fused-ring (bicyclic) bond motifs is 1. The largest absolute Gasteiger partial charge is 0.497 e. The first kappa shape index (κ1) is 28.1. The number of anilines is 1. The molecule has 2 aliphatic rings. The Kier molecular flexibility index (Phi) is 8.16. The zero-order valence-electron chi connectivity index (χ0n) is 23.6. The zero-order valence-corrected chi connectivity index (χ0v) is 23.6. The molecule has 0 bridgehead atoms. The van der Waals surface area contributed by atoms with E-state index in [-0.39, 0.29) is 18.5 Å². The van der Waals surface area contributed by atoms with Crippen molar-refractivity contribution in [2.75, 3.05) is 25.2 Å². The first-order valence-electron chi connectivity index (χ1n) is 14.2. The van der Waals surface area contributed by atoms with Gasteiger partial charge in [0.1, 0.15) is 37.4 Å². The van der Waals surface area contributed by atoms with Gasteiger partial charge in [-0.2, -0.15) is 4.80 Å². The van der Waals surface area contributed by atoms with Crippen LogP contribution < -0.4 is 24.4 Å². The van der Waals surface area contributed by atoms with E-state index < -0.39 is 17.8 Å². The molecule has 3 aromatic carbocycles. The van der Waals surface area contributed by atoms with Gasteiger partial charge in [-0.15, -0.1) is 10.2 Å². The van der Waals surface area contributed by atoms with Crippen LogP contribution in [0.2, 0.25) is 0 Å². The first-order valence-corrected chi connectivity index (χ1v) is 14.2. The highest BCUT2D eigenvalue weighted by molar-refractivity contribution is 6.01. The number of hydrogen-bond donors (Lipinski definition) is 1. The van der Waals surface area contributed by atoms with Gasteiger partial charge in [0.2, 0.25) is 11.7 Å². The predicted octanol–water partition coefficient (Wildman–Crippen LogP) is 4.09. The molecule has 1 fully saturated rings. The summed E-state index contributed by atoms with van der Waals surface area (Å²) < 4.78 is 30.7. The number of hydrogen-bond acceptors (Lipinski definition) is 8. The lowest BCUT2D eigenvalue weighted by Gasteiger charge is -2.33. The van der Waals surface area contributed by atoms with Crippen molar-refractivity contribution in [1.82, 2.24) is 25.5 Å². The Morgan fingerprint density at radius 1 is 1.02 bits per heavy atom. The summed E-state index contributed by atoms with van der Waals surface area (Å²) in [4.78, 5) is 30.7. The van der Waals surface area contributed by atoms with Crippen LogP contribution in [0.4, 0.5) is 10.1 Å². The number of ether oxygens (including phenoxy) is 3. The Hall–Kier alpha value is -5.00. The summed E-state index contributed by atoms with van der Waals surface area (Å²) >= 11 is 0. The van der Waals surface area contributed by atoms with Gasteiger partial charge in [-0.1, -0.05) is 25.0 Å². The summed E-state index contributed by atoms with van der Waals surface area (Å²) in [6, 6.07) is 16.7. The van der Waals surface area contributed by atoms with Crippen LogP contribution in [0.15, 0.2) is 66.7 Å². The molecule has 0 unspecified atom stereocenters. The molecule has 1 saturated carbocycles. The standard InChI is InChI=1S/C31H31FN6O5/c1-41-25-13-8-21(9-14-25)30-34-36-37(35-30)19-28(39)38(24-12-15-26-27(18-24)43-17-16-42-26)29(20-6-10-22(32)11-7-20)31(40)33-23-4-2-3-5-23/h6-15,18,23,29H,2-5,16-17,19H2,1H3,(H,33,40)/t29-/m1/s1. The van der Waals surface area contributed by atoms with Gasteiger partial charge in [0.05, 0.1) is 7.11 Å². The Morgan fingerprint density at radius 2 is 1.74 bits per heavy atom. The molecular formula is C31H31FN6O5. The summed E-state index contributed by atoms with van der Waals surface area (Å²) in [5, 5.41) is 15.7. The number of carbonyl (C=O) groups is 2. The van der Waals surface area contributed by atoms with Crippen molar-refractivity contribution >= 4 is 17.5 Å². The molecule has 43 heavy (non-hydrogen) atoms. The van der Waals surface area contributed by atoms with E-state index in [2.05, 4.69) is 20.7 Å². The molecule has 0 spiro atoms. The van der Waals surface area contributed by atoms with Crippen molar-refractivity contribution in [3.05, 3.63) is 78.1 Å². The average Bonchev–Trinajstić information content (AvgIpc) is 3.72. The summed E-state index contributed by atoms with van der Waals surface area (Å²) in [6.07, 6.45) is 3.75. The normalized spacial score (nSPS) is 15.1. The fourth-order valence-electron chi connectivity index (χ4n) is 5.40. The van der Waals surface area contributed by atoms with Gasteiger partial charge in [0.25, 0.3) is 5.91 Å². The third-order valence-corrected chi connectivity index (χ3v) is 7.54. The molecular weight excluding hydrogens is 555 g/mol. The average molecular weight is 587 g/mol. The number of benzene rings is 3. The summed E-state index contributed by atoms with van der Waals surface area (Å²) in [5.41, 5.74) is 1.55. The van der Waals surface area contributed by atoms with Gasteiger partial charge in [0.15, 0.2) is 11.5 Å². The van der Waals surface area contributed by atoms with E-state index in [0.29, 0.717) is 53.1 Å². The van der Waals surface area contributed by atoms with E-state index >= 15 is 0 Å². The van der Waals surface area contributed by atoms with Crippen molar-refractivity contribution in [2.45, 2.75) is 44.3 Å². The third-order valence-electron chi connectivity index (χ3n) is 7.54. The second-order valence-corrected chi connectivity index (χ2v) is 10.4. The van der Waals surface area contributed by atoms with E-state index in [1.807, 2.05) is 0 Å². The minimum Gasteiger partial charge on any atom is -0.497 e. The fourth-order valence-corrected chi connectivity index (χ4v) is 5.40. The van der Waals surface area contributed by atoms with E-state index in [0.717, 1.165) is 25.7 Å². The molecule has 11 nitrogen and oxygen atoms in total. The van der Waals surface area contributed by atoms with Crippen LogP contribution in [0.5, 0.6) is 17.2 Å². The maximum Gasteiger partial charge on any atom is 0.251 e. The Balaban J connectivity index is 1.36. The molecule has 1 N–H and O–H groups in total.